The molecule has 216 valence electrons. The van der Waals surface area contributed by atoms with Crippen LogP contribution >= 0.6 is 0 Å². The van der Waals surface area contributed by atoms with Crippen molar-refractivity contribution in [3.63, 3.8) is 0 Å². The first-order valence-electron chi connectivity index (χ1n) is 14.0. The maximum Gasteiger partial charge on any atom is 0.451 e. The van der Waals surface area contributed by atoms with E-state index in [4.69, 9.17) is 15.2 Å². The molecule has 2 amide bonds. The van der Waals surface area contributed by atoms with Gasteiger partial charge in [-0.2, -0.15) is 4.48 Å². The van der Waals surface area contributed by atoms with Gasteiger partial charge in [-0.25, -0.2) is 9.59 Å². The van der Waals surface area contributed by atoms with Gasteiger partial charge in [0.25, 0.3) is 0 Å². The standard InChI is InChI=1S/C22H31N3O5.C9H10O/c1-4-5-9-16-19(15-7-6-8-15)20(30-18(27)11-10-14(2)26)21(29-16)25(3)13-12-17(23)24-22(25)28;1-7-3-5-9(6-4-7)8(2)10/h10-13,15-16,19-21H,4-9H2,1-3H3,(H-,23,24,28);3-6H,1-2H3/p+1/b11-10-;. The van der Waals surface area contributed by atoms with Crippen molar-refractivity contribution in [3.05, 3.63) is 59.8 Å². The van der Waals surface area contributed by atoms with Crippen molar-refractivity contribution in [1.29, 1.82) is 0 Å². The summed E-state index contributed by atoms with van der Waals surface area (Å²) in [7, 11) is 1.70. The molecule has 4 rings (SSSR count). The fourth-order valence-corrected chi connectivity index (χ4v) is 5.27. The van der Waals surface area contributed by atoms with Crippen LogP contribution in [0.2, 0.25) is 0 Å². The van der Waals surface area contributed by atoms with Gasteiger partial charge in [-0.15, -0.1) is 4.99 Å². The summed E-state index contributed by atoms with van der Waals surface area (Å²) in [5.74, 6) is -0.183. The molecule has 9 heteroatoms. The van der Waals surface area contributed by atoms with Crippen LogP contribution in [0, 0.1) is 18.8 Å². The van der Waals surface area contributed by atoms with Crippen LogP contribution in [0.1, 0.15) is 75.2 Å². The second-order valence-electron chi connectivity index (χ2n) is 11.0. The summed E-state index contributed by atoms with van der Waals surface area (Å²) in [6.07, 6.45) is 10.2. The number of quaternary nitrogens is 1. The molecule has 1 aromatic rings. The van der Waals surface area contributed by atoms with E-state index in [2.05, 4.69) is 11.9 Å². The largest absolute Gasteiger partial charge is 0.451 e. The van der Waals surface area contributed by atoms with E-state index >= 15 is 0 Å². The van der Waals surface area contributed by atoms with Crippen molar-refractivity contribution in [2.75, 3.05) is 7.05 Å². The Kier molecular flexibility index (Phi) is 10.7. The Morgan fingerprint density at radius 1 is 1.15 bits per heavy atom. The maximum absolute atomic E-state index is 12.8. The number of likely N-dealkylation sites (N-methyl/N-ethyl adjacent to an activating group) is 1. The van der Waals surface area contributed by atoms with E-state index in [-0.39, 0.29) is 33.9 Å². The van der Waals surface area contributed by atoms with E-state index in [0.717, 1.165) is 50.2 Å². The van der Waals surface area contributed by atoms with Crippen LogP contribution in [0.25, 0.3) is 0 Å². The Morgan fingerprint density at radius 3 is 2.35 bits per heavy atom. The zero-order valence-electron chi connectivity index (χ0n) is 24.2. The quantitative estimate of drug-likeness (QED) is 0.197. The first-order valence-corrected chi connectivity index (χ1v) is 14.0. The lowest BCUT2D eigenvalue weighted by molar-refractivity contribution is -0.834. The third-order valence-electron chi connectivity index (χ3n) is 7.83. The van der Waals surface area contributed by atoms with Crippen molar-refractivity contribution >= 4 is 29.4 Å². The normalized spacial score (nSPS) is 27.9. The van der Waals surface area contributed by atoms with Crippen molar-refractivity contribution in [2.24, 2.45) is 22.6 Å². The molecule has 1 saturated heterocycles. The van der Waals surface area contributed by atoms with Gasteiger partial charge >= 0.3 is 12.0 Å². The van der Waals surface area contributed by atoms with Crippen LogP contribution in [-0.2, 0) is 19.1 Å². The summed E-state index contributed by atoms with van der Waals surface area (Å²) in [4.78, 5) is 51.2. The molecule has 2 N–H and O–H groups in total. The van der Waals surface area contributed by atoms with Gasteiger partial charge in [0.15, 0.2) is 17.7 Å². The first-order chi connectivity index (χ1) is 19.0. The summed E-state index contributed by atoms with van der Waals surface area (Å²) >= 11 is 0. The Balaban J connectivity index is 0.000000371. The molecule has 5 atom stereocenters. The summed E-state index contributed by atoms with van der Waals surface area (Å²) in [6.45, 7) is 7.07. The van der Waals surface area contributed by atoms with Gasteiger partial charge in [0, 0.05) is 23.6 Å². The number of esters is 1. The van der Waals surface area contributed by atoms with Crippen LogP contribution in [0.4, 0.5) is 4.79 Å². The predicted octanol–water partition coefficient (Wildman–Crippen LogP) is 5.02. The number of ketones is 2. The number of hydrogen-bond donors (Lipinski definition) is 1. The zero-order chi connectivity index (χ0) is 29.4. The number of aliphatic imine (C=N–C) groups is 1. The number of Topliss-reactive ketones (excluding diaryl/α,β-unsaturated/α-hetero) is 1. The highest BCUT2D eigenvalue weighted by Crippen LogP contribution is 2.47. The van der Waals surface area contributed by atoms with Crippen LogP contribution in [0.15, 0.2) is 53.7 Å². The number of nitrogens with zero attached hydrogens (tertiary/aromatic N) is 2. The second kappa shape index (κ2) is 13.8. The average Bonchev–Trinajstić information content (AvgIpc) is 3.21. The minimum atomic E-state index is -0.715. The Morgan fingerprint density at radius 2 is 1.82 bits per heavy atom. The summed E-state index contributed by atoms with van der Waals surface area (Å²) < 4.78 is 12.0. The third-order valence-corrected chi connectivity index (χ3v) is 7.83. The molecule has 1 saturated carbocycles. The number of aryl methyl sites for hydroxylation is 1. The van der Waals surface area contributed by atoms with Crippen molar-refractivity contribution in [3.8, 4) is 0 Å². The van der Waals surface area contributed by atoms with Crippen LogP contribution < -0.4 is 5.73 Å². The second-order valence-corrected chi connectivity index (χ2v) is 11.0. The van der Waals surface area contributed by atoms with E-state index in [9.17, 15) is 19.2 Å². The molecule has 2 heterocycles. The summed E-state index contributed by atoms with van der Waals surface area (Å²) in [6, 6.07) is 7.12. The molecule has 0 bridgehead atoms. The summed E-state index contributed by atoms with van der Waals surface area (Å²) in [5, 5.41) is 0. The minimum Gasteiger partial charge on any atom is -0.449 e. The van der Waals surface area contributed by atoms with Crippen LogP contribution in [0.5, 0.6) is 0 Å². The Bertz CT molecular complexity index is 1180. The monoisotopic (exact) mass is 552 g/mol. The number of ether oxygens (including phenoxy) is 2. The third kappa shape index (κ3) is 7.61. The Hall–Kier alpha value is -3.43. The van der Waals surface area contributed by atoms with E-state index < -0.39 is 24.3 Å². The highest BCUT2D eigenvalue weighted by Gasteiger charge is 2.60. The molecule has 0 radical (unpaired) electrons. The predicted molar refractivity (Wildman–Crippen MR) is 152 cm³/mol. The number of nitrogens with two attached hydrogens (primary N) is 1. The molecule has 1 aromatic carbocycles. The molecule has 3 aliphatic rings. The van der Waals surface area contributed by atoms with Gasteiger partial charge < -0.3 is 15.2 Å². The highest BCUT2D eigenvalue weighted by molar-refractivity contribution is 5.99. The number of carbonyl (C=O) groups is 4. The van der Waals surface area contributed by atoms with Crippen LogP contribution in [0.3, 0.4) is 0 Å². The number of urea groups is 1. The lowest BCUT2D eigenvalue weighted by atomic mass is 9.71. The summed E-state index contributed by atoms with van der Waals surface area (Å²) in [5.41, 5.74) is 7.66. The molecule has 2 fully saturated rings. The smallest absolute Gasteiger partial charge is 0.449 e. The molecule has 0 spiro atoms. The molecular weight excluding hydrogens is 510 g/mol. The van der Waals surface area contributed by atoms with Gasteiger partial charge in [0.2, 0.25) is 6.23 Å². The van der Waals surface area contributed by atoms with Gasteiger partial charge in [-0.05, 0) is 52.0 Å². The maximum atomic E-state index is 12.8. The molecule has 0 aromatic heterocycles. The lowest BCUT2D eigenvalue weighted by Crippen LogP contribution is -2.58. The number of benzene rings is 1. The van der Waals surface area contributed by atoms with Gasteiger partial charge in [-0.1, -0.05) is 56.0 Å². The van der Waals surface area contributed by atoms with E-state index in [1.165, 1.54) is 18.6 Å². The number of hydrogen-bond acceptors (Lipinski definition) is 7. The SMILES string of the molecule is CC(=O)c1ccc(C)cc1.CCCCC1OC([N+]2(C)C=CC(N)=NC2=O)C(OC(=O)/C=C\C(C)=O)C1C1CCC1. The molecule has 40 heavy (non-hydrogen) atoms. The van der Waals surface area contributed by atoms with Crippen LogP contribution in [-0.4, -0.2) is 59.4 Å². The number of carbonyl (C=O) groups excluding carboxylic acids is 4. The first kappa shape index (κ1) is 31.1. The number of unbranched alkanes of at least 4 members (excludes halogenated alkanes) is 1. The highest BCUT2D eigenvalue weighted by atomic mass is 16.6. The minimum absolute atomic E-state index is 0.00406. The Labute approximate surface area is 236 Å². The van der Waals surface area contributed by atoms with Gasteiger partial charge in [-0.3, -0.25) is 9.59 Å². The topological polar surface area (TPSA) is 125 Å². The fraction of sp³-hybridized carbons (Fsp3) is 0.516. The molecule has 2 aliphatic heterocycles. The number of amides is 2. The molecular formula is C31H42N3O6+. The number of rotatable bonds is 9. The van der Waals surface area contributed by atoms with E-state index in [1.807, 2.05) is 31.2 Å². The van der Waals surface area contributed by atoms with E-state index in [0.29, 0.717) is 5.92 Å². The van der Waals surface area contributed by atoms with Gasteiger partial charge in [0.1, 0.15) is 12.0 Å². The van der Waals surface area contributed by atoms with E-state index in [1.54, 1.807) is 26.2 Å². The fourth-order valence-electron chi connectivity index (χ4n) is 5.27. The molecule has 1 aliphatic carbocycles. The number of amidine groups is 1. The molecule has 5 unspecified atom stereocenters. The van der Waals surface area contributed by atoms with Crippen molar-refractivity contribution < 1.29 is 33.1 Å². The molecule has 9 nitrogen and oxygen atoms in total. The average molecular weight is 553 g/mol. The number of allylic oxidation sites excluding steroid dienone is 1. The van der Waals surface area contributed by atoms with Crippen molar-refractivity contribution in [2.45, 2.75) is 84.7 Å². The van der Waals surface area contributed by atoms with Crippen molar-refractivity contribution in [1.82, 2.24) is 0 Å². The van der Waals surface area contributed by atoms with Gasteiger partial charge in [0.05, 0.1) is 13.2 Å². The lowest BCUT2D eigenvalue weighted by Gasteiger charge is -2.38. The zero-order valence-corrected chi connectivity index (χ0v) is 24.2.